The highest BCUT2D eigenvalue weighted by molar-refractivity contribution is 7.17. The zero-order valence-electron chi connectivity index (χ0n) is 13.0. The van der Waals surface area contributed by atoms with E-state index in [0.29, 0.717) is 5.92 Å². The van der Waals surface area contributed by atoms with E-state index in [0.717, 1.165) is 25.2 Å². The van der Waals surface area contributed by atoms with Crippen LogP contribution in [-0.4, -0.2) is 17.0 Å². The minimum atomic E-state index is 0.0633. The normalized spacial score (nSPS) is 14.3. The number of carbonyl (C=O) groups is 1. The van der Waals surface area contributed by atoms with E-state index in [4.69, 9.17) is 0 Å². The van der Waals surface area contributed by atoms with Gasteiger partial charge in [-0.05, 0) is 48.3 Å². The monoisotopic (exact) mass is 324 g/mol. The van der Waals surface area contributed by atoms with Crippen molar-refractivity contribution >= 4 is 27.5 Å². The maximum atomic E-state index is 12.5. The van der Waals surface area contributed by atoms with Gasteiger partial charge in [0.2, 0.25) is 0 Å². The Morgan fingerprint density at radius 2 is 2.04 bits per heavy atom. The van der Waals surface area contributed by atoms with Gasteiger partial charge >= 0.3 is 0 Å². The first-order valence-corrected chi connectivity index (χ1v) is 9.08. The maximum absolute atomic E-state index is 12.5. The molecule has 1 fully saturated rings. The lowest BCUT2D eigenvalue weighted by Crippen LogP contribution is -2.28. The molecule has 2 aromatic heterocycles. The van der Waals surface area contributed by atoms with Crippen LogP contribution in [0.15, 0.2) is 47.8 Å². The molecule has 0 bridgehead atoms. The zero-order chi connectivity index (χ0) is 15.6. The molecule has 3 aromatic rings. The van der Waals surface area contributed by atoms with Gasteiger partial charge in [0.05, 0.1) is 10.2 Å². The summed E-state index contributed by atoms with van der Waals surface area (Å²) >= 11 is 1.70. The second kappa shape index (κ2) is 6.20. The number of aryl methyl sites for hydroxylation is 2. The number of nitrogens with one attached hydrogen (secondary N) is 1. The van der Waals surface area contributed by atoms with Gasteiger partial charge in [0.1, 0.15) is 5.69 Å². The SMILES string of the molecule is O=C(NCC1CC1)c1cc2sccc2n1CCc1ccccc1. The molecule has 4 rings (SSSR count). The summed E-state index contributed by atoms with van der Waals surface area (Å²) in [7, 11) is 0. The van der Waals surface area contributed by atoms with E-state index in [2.05, 4.69) is 45.6 Å². The number of thiophene rings is 1. The zero-order valence-corrected chi connectivity index (χ0v) is 13.8. The summed E-state index contributed by atoms with van der Waals surface area (Å²) in [5.74, 6) is 0.765. The largest absolute Gasteiger partial charge is 0.350 e. The molecule has 0 atom stereocenters. The fraction of sp³-hybridized carbons (Fsp3) is 0.316. The molecule has 0 aliphatic heterocycles. The van der Waals surface area contributed by atoms with Gasteiger partial charge in [-0.3, -0.25) is 4.79 Å². The Morgan fingerprint density at radius 1 is 1.22 bits per heavy atom. The minimum absolute atomic E-state index is 0.0633. The molecule has 0 radical (unpaired) electrons. The molecule has 1 amide bonds. The van der Waals surface area contributed by atoms with Crippen molar-refractivity contribution < 1.29 is 4.79 Å². The number of rotatable bonds is 6. The lowest BCUT2D eigenvalue weighted by molar-refractivity contribution is 0.0943. The molecule has 2 heterocycles. The number of hydrogen-bond donors (Lipinski definition) is 1. The van der Waals surface area contributed by atoms with Crippen LogP contribution in [-0.2, 0) is 13.0 Å². The van der Waals surface area contributed by atoms with Gasteiger partial charge in [0, 0.05) is 13.1 Å². The Bertz CT molecular complexity index is 814. The molecule has 1 saturated carbocycles. The van der Waals surface area contributed by atoms with E-state index in [-0.39, 0.29) is 5.91 Å². The van der Waals surface area contributed by atoms with E-state index >= 15 is 0 Å². The minimum Gasteiger partial charge on any atom is -0.350 e. The van der Waals surface area contributed by atoms with Gasteiger partial charge in [-0.25, -0.2) is 0 Å². The summed E-state index contributed by atoms with van der Waals surface area (Å²) in [5, 5.41) is 5.19. The lowest BCUT2D eigenvalue weighted by Gasteiger charge is -2.11. The van der Waals surface area contributed by atoms with Crippen LogP contribution in [0, 0.1) is 5.92 Å². The van der Waals surface area contributed by atoms with Crippen molar-refractivity contribution in [3.05, 3.63) is 59.1 Å². The van der Waals surface area contributed by atoms with E-state index in [9.17, 15) is 4.79 Å². The molecule has 118 valence electrons. The van der Waals surface area contributed by atoms with Gasteiger partial charge in [-0.2, -0.15) is 0 Å². The van der Waals surface area contributed by atoms with Crippen LogP contribution in [0.3, 0.4) is 0 Å². The highest BCUT2D eigenvalue weighted by atomic mass is 32.1. The molecule has 4 heteroatoms. The third-order valence-electron chi connectivity index (χ3n) is 4.47. The Labute approximate surface area is 139 Å². The third kappa shape index (κ3) is 3.17. The van der Waals surface area contributed by atoms with Crippen molar-refractivity contribution in [1.29, 1.82) is 0 Å². The molecule has 1 aliphatic rings. The van der Waals surface area contributed by atoms with Crippen molar-refractivity contribution in [1.82, 2.24) is 9.88 Å². The van der Waals surface area contributed by atoms with Crippen LogP contribution in [0.2, 0.25) is 0 Å². The van der Waals surface area contributed by atoms with Gasteiger partial charge in [-0.15, -0.1) is 11.3 Å². The van der Waals surface area contributed by atoms with Crippen LogP contribution in [0.1, 0.15) is 28.9 Å². The van der Waals surface area contributed by atoms with Crippen molar-refractivity contribution in [2.75, 3.05) is 6.54 Å². The van der Waals surface area contributed by atoms with Crippen LogP contribution in [0.25, 0.3) is 10.2 Å². The average molecular weight is 324 g/mol. The number of nitrogens with zero attached hydrogens (tertiary/aromatic N) is 1. The number of carbonyl (C=O) groups excluding carboxylic acids is 1. The molecule has 0 saturated heterocycles. The molecule has 3 nitrogen and oxygen atoms in total. The van der Waals surface area contributed by atoms with E-state index in [1.165, 1.54) is 28.6 Å². The first-order valence-electron chi connectivity index (χ1n) is 8.20. The second-order valence-electron chi connectivity index (χ2n) is 6.24. The molecule has 1 aromatic carbocycles. The van der Waals surface area contributed by atoms with Gasteiger partial charge in [0.25, 0.3) is 5.91 Å². The van der Waals surface area contributed by atoms with Crippen LogP contribution in [0.5, 0.6) is 0 Å². The van der Waals surface area contributed by atoms with Crippen molar-refractivity contribution in [3.8, 4) is 0 Å². The van der Waals surface area contributed by atoms with E-state index in [1.54, 1.807) is 11.3 Å². The molecule has 1 N–H and O–H groups in total. The highest BCUT2D eigenvalue weighted by Gasteiger charge is 2.23. The van der Waals surface area contributed by atoms with Gasteiger partial charge in [-0.1, -0.05) is 30.3 Å². The highest BCUT2D eigenvalue weighted by Crippen LogP contribution is 2.28. The van der Waals surface area contributed by atoms with Crippen LogP contribution >= 0.6 is 11.3 Å². The van der Waals surface area contributed by atoms with Crippen molar-refractivity contribution in [3.63, 3.8) is 0 Å². The lowest BCUT2D eigenvalue weighted by atomic mass is 10.1. The van der Waals surface area contributed by atoms with Crippen molar-refractivity contribution in [2.45, 2.75) is 25.8 Å². The van der Waals surface area contributed by atoms with Crippen molar-refractivity contribution in [2.24, 2.45) is 5.92 Å². The van der Waals surface area contributed by atoms with E-state index < -0.39 is 0 Å². The summed E-state index contributed by atoms with van der Waals surface area (Å²) < 4.78 is 3.36. The average Bonchev–Trinajstić information content (AvgIpc) is 3.18. The number of benzene rings is 1. The summed E-state index contributed by atoms with van der Waals surface area (Å²) in [6.45, 7) is 1.65. The molecule has 1 aliphatic carbocycles. The molecule has 0 unspecified atom stereocenters. The Hall–Kier alpha value is -2.07. The predicted octanol–water partition coefficient (Wildman–Crippen LogP) is 4.09. The second-order valence-corrected chi connectivity index (χ2v) is 7.19. The fourth-order valence-corrected chi connectivity index (χ4v) is 3.76. The Kier molecular flexibility index (Phi) is 3.92. The van der Waals surface area contributed by atoms with Crippen LogP contribution in [0.4, 0.5) is 0 Å². The van der Waals surface area contributed by atoms with Gasteiger partial charge < -0.3 is 9.88 Å². The number of amides is 1. The fourth-order valence-electron chi connectivity index (χ4n) is 2.94. The van der Waals surface area contributed by atoms with E-state index in [1.807, 2.05) is 12.1 Å². The third-order valence-corrected chi connectivity index (χ3v) is 5.32. The molecule has 0 spiro atoms. The number of hydrogen-bond acceptors (Lipinski definition) is 2. The molecular weight excluding hydrogens is 304 g/mol. The standard InChI is InChI=1S/C19H20N2OS/c22-19(20-13-15-6-7-15)17-12-18-16(9-11-23-18)21(17)10-8-14-4-2-1-3-5-14/h1-5,9,11-12,15H,6-8,10,13H2,(H,20,22). The first-order chi connectivity index (χ1) is 11.3. The molecular formula is C19H20N2OS. The Morgan fingerprint density at radius 3 is 2.83 bits per heavy atom. The first kappa shape index (κ1) is 14.5. The predicted molar refractivity (Wildman–Crippen MR) is 95.0 cm³/mol. The smallest absolute Gasteiger partial charge is 0.267 e. The summed E-state index contributed by atoms with van der Waals surface area (Å²) in [5.41, 5.74) is 3.26. The summed E-state index contributed by atoms with van der Waals surface area (Å²) in [6, 6.07) is 14.6. The summed E-state index contributed by atoms with van der Waals surface area (Å²) in [6.07, 6.45) is 3.44. The number of fused-ring (bicyclic) bond motifs is 1. The quantitative estimate of drug-likeness (QED) is 0.728. The number of aromatic nitrogens is 1. The Balaban J connectivity index is 1.56. The van der Waals surface area contributed by atoms with Crippen LogP contribution < -0.4 is 5.32 Å². The topological polar surface area (TPSA) is 34.0 Å². The van der Waals surface area contributed by atoms with Gasteiger partial charge in [0.15, 0.2) is 0 Å². The maximum Gasteiger partial charge on any atom is 0.267 e. The summed E-state index contributed by atoms with van der Waals surface area (Å²) in [4.78, 5) is 12.5. The molecule has 23 heavy (non-hydrogen) atoms.